The summed E-state index contributed by atoms with van der Waals surface area (Å²) in [6.07, 6.45) is 2.28. The van der Waals surface area contributed by atoms with Gasteiger partial charge in [-0.1, -0.05) is 25.9 Å². The van der Waals surface area contributed by atoms with Crippen LogP contribution in [0, 0.1) is 12.8 Å². The van der Waals surface area contributed by atoms with Gasteiger partial charge >= 0.3 is 5.97 Å². The van der Waals surface area contributed by atoms with Crippen molar-refractivity contribution in [1.29, 1.82) is 0 Å². The van der Waals surface area contributed by atoms with Crippen LogP contribution in [-0.4, -0.2) is 21.1 Å². The van der Waals surface area contributed by atoms with E-state index in [1.807, 2.05) is 13.8 Å². The average molecular weight is 416 g/mol. The number of nitrogens with zero attached hydrogens (tertiary/aromatic N) is 2. The average Bonchev–Trinajstić information content (AvgIpc) is 3.21. The summed E-state index contributed by atoms with van der Waals surface area (Å²) in [4.78, 5) is 34.9. The minimum atomic E-state index is -0.702. The molecule has 154 valence electrons. The lowest BCUT2D eigenvalue weighted by atomic mass is 9.89. The van der Waals surface area contributed by atoms with Crippen LogP contribution in [0.4, 0.5) is 0 Å². The topological polar surface area (TPSA) is 98.1 Å². The molecular weight excluding hydrogens is 390 g/mol. The van der Waals surface area contributed by atoms with Crippen molar-refractivity contribution >= 4 is 27.5 Å². The number of carbonyl (C=O) groups excluding carboxylic acids is 1. The summed E-state index contributed by atoms with van der Waals surface area (Å²) in [5.41, 5.74) is 1.80. The molecule has 2 atom stereocenters. The molecule has 0 spiro atoms. The molecule has 3 aromatic heterocycles. The normalized spacial score (nSPS) is 17.5. The van der Waals surface area contributed by atoms with Gasteiger partial charge in [0.05, 0.1) is 11.1 Å². The molecule has 3 heterocycles. The van der Waals surface area contributed by atoms with Gasteiger partial charge in [-0.25, -0.2) is 9.78 Å². The minimum Gasteiger partial charge on any atom is -0.451 e. The standard InChI is InChI=1S/C21H25N3O4S/c1-9(2)17-15(11(4)24-28-17)21(26)27-12(5)18-22-19(25)16-13-7-6-10(3)8-14(13)29-20(16)23-18/h9-10,12H,6-8H2,1-5H3,(H,22,23,25)/t10-,12+/m0/s1. The number of aromatic amines is 1. The summed E-state index contributed by atoms with van der Waals surface area (Å²) in [6.45, 7) is 9.49. The number of hydrogen-bond donors (Lipinski definition) is 1. The van der Waals surface area contributed by atoms with Gasteiger partial charge in [-0.15, -0.1) is 11.3 Å². The van der Waals surface area contributed by atoms with Gasteiger partial charge in [0, 0.05) is 10.8 Å². The fourth-order valence-electron chi connectivity index (χ4n) is 3.86. The highest BCUT2D eigenvalue weighted by atomic mass is 32.1. The second kappa shape index (κ2) is 7.40. The second-order valence-corrected chi connectivity index (χ2v) is 9.28. The Kier molecular flexibility index (Phi) is 5.06. The lowest BCUT2D eigenvalue weighted by Gasteiger charge is -2.17. The van der Waals surface area contributed by atoms with Crippen molar-refractivity contribution in [2.45, 2.75) is 65.9 Å². The van der Waals surface area contributed by atoms with Crippen LogP contribution in [0.2, 0.25) is 0 Å². The molecule has 1 aliphatic carbocycles. The largest absolute Gasteiger partial charge is 0.451 e. The molecule has 8 heteroatoms. The Morgan fingerprint density at radius 1 is 1.34 bits per heavy atom. The number of fused-ring (bicyclic) bond motifs is 3. The van der Waals surface area contributed by atoms with E-state index in [2.05, 4.69) is 22.0 Å². The first-order valence-electron chi connectivity index (χ1n) is 9.97. The highest BCUT2D eigenvalue weighted by Crippen LogP contribution is 2.36. The summed E-state index contributed by atoms with van der Waals surface area (Å²) in [7, 11) is 0. The number of aryl methyl sites for hydroxylation is 2. The second-order valence-electron chi connectivity index (χ2n) is 8.19. The van der Waals surface area contributed by atoms with E-state index in [0.717, 1.165) is 29.7 Å². The predicted octanol–water partition coefficient (Wildman–Crippen LogP) is 4.45. The Morgan fingerprint density at radius 3 is 2.83 bits per heavy atom. The van der Waals surface area contributed by atoms with Crippen LogP contribution in [0.15, 0.2) is 9.32 Å². The summed E-state index contributed by atoms with van der Waals surface area (Å²) in [6, 6.07) is 0. The maximum absolute atomic E-state index is 12.8. The molecule has 29 heavy (non-hydrogen) atoms. The van der Waals surface area contributed by atoms with Crippen LogP contribution in [0.1, 0.15) is 84.2 Å². The first-order valence-corrected chi connectivity index (χ1v) is 10.8. The van der Waals surface area contributed by atoms with Crippen molar-refractivity contribution < 1.29 is 14.1 Å². The summed E-state index contributed by atoms with van der Waals surface area (Å²) < 4.78 is 10.9. The highest BCUT2D eigenvalue weighted by Gasteiger charge is 2.27. The predicted molar refractivity (Wildman–Crippen MR) is 111 cm³/mol. The van der Waals surface area contributed by atoms with Gasteiger partial charge in [0.15, 0.2) is 17.7 Å². The number of H-pyrrole nitrogens is 1. The maximum Gasteiger partial charge on any atom is 0.344 e. The van der Waals surface area contributed by atoms with E-state index in [1.54, 1.807) is 25.2 Å². The third-order valence-corrected chi connectivity index (χ3v) is 6.62. The molecule has 0 unspecified atom stereocenters. The molecule has 0 saturated carbocycles. The van der Waals surface area contributed by atoms with Crippen molar-refractivity contribution in [2.24, 2.45) is 5.92 Å². The zero-order valence-electron chi connectivity index (χ0n) is 17.3. The van der Waals surface area contributed by atoms with Crippen LogP contribution < -0.4 is 5.56 Å². The Balaban J connectivity index is 1.64. The molecule has 3 aromatic rings. The number of thiophene rings is 1. The molecule has 0 radical (unpaired) electrons. The van der Waals surface area contributed by atoms with Gasteiger partial charge in [0.1, 0.15) is 10.4 Å². The number of carbonyl (C=O) groups is 1. The fraction of sp³-hybridized carbons (Fsp3) is 0.524. The SMILES string of the molecule is Cc1noc(C(C)C)c1C(=O)O[C@H](C)c1nc2sc3c(c2c(=O)[nH]1)CC[C@H](C)C3. The van der Waals surface area contributed by atoms with Gasteiger partial charge in [-0.3, -0.25) is 4.79 Å². The van der Waals surface area contributed by atoms with E-state index in [0.29, 0.717) is 34.1 Å². The Morgan fingerprint density at radius 2 is 2.10 bits per heavy atom. The number of aromatic nitrogens is 3. The van der Waals surface area contributed by atoms with E-state index in [1.165, 1.54) is 4.88 Å². The van der Waals surface area contributed by atoms with E-state index in [4.69, 9.17) is 9.26 Å². The van der Waals surface area contributed by atoms with Gasteiger partial charge in [0.25, 0.3) is 5.56 Å². The van der Waals surface area contributed by atoms with Crippen molar-refractivity contribution in [3.63, 3.8) is 0 Å². The van der Waals surface area contributed by atoms with E-state index < -0.39 is 12.1 Å². The minimum absolute atomic E-state index is 0.00293. The Labute approximate surface area is 172 Å². The van der Waals surface area contributed by atoms with Crippen molar-refractivity contribution in [1.82, 2.24) is 15.1 Å². The third kappa shape index (κ3) is 3.50. The number of hydrogen-bond acceptors (Lipinski definition) is 7. The summed E-state index contributed by atoms with van der Waals surface area (Å²) in [5.74, 6) is 0.945. The van der Waals surface area contributed by atoms with Gasteiger partial charge in [-0.2, -0.15) is 0 Å². The number of rotatable bonds is 4. The van der Waals surface area contributed by atoms with Crippen molar-refractivity contribution in [3.05, 3.63) is 43.6 Å². The Bertz CT molecular complexity index is 1140. The molecular formula is C21H25N3O4S. The number of ether oxygens (including phenoxy) is 1. The molecule has 0 bridgehead atoms. The highest BCUT2D eigenvalue weighted by molar-refractivity contribution is 7.18. The van der Waals surface area contributed by atoms with Crippen molar-refractivity contribution in [3.8, 4) is 0 Å². The quantitative estimate of drug-likeness (QED) is 0.632. The molecule has 1 N–H and O–H groups in total. The monoisotopic (exact) mass is 415 g/mol. The molecule has 1 aliphatic rings. The molecule has 0 aliphatic heterocycles. The first kappa shape index (κ1) is 19.8. The van der Waals surface area contributed by atoms with E-state index >= 15 is 0 Å². The fourth-order valence-corrected chi connectivity index (χ4v) is 5.25. The lowest BCUT2D eigenvalue weighted by molar-refractivity contribution is 0.0316. The van der Waals surface area contributed by atoms with Gasteiger partial charge < -0.3 is 14.2 Å². The first-order chi connectivity index (χ1) is 13.8. The van der Waals surface area contributed by atoms with Crippen molar-refractivity contribution in [2.75, 3.05) is 0 Å². The molecule has 0 amide bonds. The number of nitrogens with one attached hydrogen (secondary N) is 1. The van der Waals surface area contributed by atoms with Crippen LogP contribution in [-0.2, 0) is 17.6 Å². The summed E-state index contributed by atoms with van der Waals surface area (Å²) >= 11 is 1.58. The molecule has 0 fully saturated rings. The zero-order valence-corrected chi connectivity index (χ0v) is 18.1. The van der Waals surface area contributed by atoms with Gasteiger partial charge in [0.2, 0.25) is 0 Å². The molecule has 4 rings (SSSR count). The summed E-state index contributed by atoms with van der Waals surface area (Å²) in [5, 5.41) is 4.58. The molecule has 0 aromatic carbocycles. The van der Waals surface area contributed by atoms with E-state index in [9.17, 15) is 9.59 Å². The smallest absolute Gasteiger partial charge is 0.344 e. The van der Waals surface area contributed by atoms with Crippen LogP contribution >= 0.6 is 11.3 Å². The van der Waals surface area contributed by atoms with Gasteiger partial charge in [-0.05, 0) is 44.6 Å². The van der Waals surface area contributed by atoms with Crippen LogP contribution in [0.3, 0.4) is 0 Å². The molecule has 7 nitrogen and oxygen atoms in total. The molecule has 0 saturated heterocycles. The van der Waals surface area contributed by atoms with E-state index in [-0.39, 0.29) is 11.5 Å². The third-order valence-electron chi connectivity index (χ3n) is 5.47. The Hall–Kier alpha value is -2.48. The van der Waals surface area contributed by atoms with Crippen LogP contribution in [0.25, 0.3) is 10.2 Å². The lowest BCUT2D eigenvalue weighted by Crippen LogP contribution is -2.19. The zero-order chi connectivity index (χ0) is 20.9. The maximum atomic E-state index is 12.8. The van der Waals surface area contributed by atoms with Crippen LogP contribution in [0.5, 0.6) is 0 Å². The number of esters is 1.